The number of aliphatic hydroxyl groups excluding tert-OH is 1. The van der Waals surface area contributed by atoms with Gasteiger partial charge in [0.2, 0.25) is 15.9 Å². The Kier molecular flexibility index (Phi) is 8.24. The van der Waals surface area contributed by atoms with Gasteiger partial charge in [-0.1, -0.05) is 30.6 Å². The van der Waals surface area contributed by atoms with Gasteiger partial charge >= 0.3 is 11.9 Å². The third-order valence-corrected chi connectivity index (χ3v) is 5.76. The second kappa shape index (κ2) is 10.7. The van der Waals surface area contributed by atoms with E-state index in [1.54, 1.807) is 6.07 Å². The van der Waals surface area contributed by atoms with Crippen molar-refractivity contribution in [1.29, 1.82) is 0 Å². The van der Waals surface area contributed by atoms with E-state index in [9.17, 15) is 28.2 Å². The molecule has 1 aliphatic rings. The maximum Gasteiger partial charge on any atom is 0.338 e. The smallest absolute Gasteiger partial charge is 0.338 e. The van der Waals surface area contributed by atoms with Crippen LogP contribution in [0.4, 0.5) is 0 Å². The molecule has 1 amide bonds. The highest BCUT2D eigenvalue weighted by atomic mass is 32.2. The van der Waals surface area contributed by atoms with E-state index in [0.29, 0.717) is 0 Å². The molecule has 0 unspecified atom stereocenters. The molecule has 0 saturated heterocycles. The van der Waals surface area contributed by atoms with Crippen LogP contribution in [0.2, 0.25) is 0 Å². The van der Waals surface area contributed by atoms with Crippen LogP contribution in [0.5, 0.6) is 0 Å². The number of rotatable bonds is 12. The number of benzene rings is 1. The minimum absolute atomic E-state index is 0.00996. The highest BCUT2D eigenvalue weighted by Gasteiger charge is 2.36. The van der Waals surface area contributed by atoms with Crippen molar-refractivity contribution in [3.63, 3.8) is 0 Å². The molecule has 1 aliphatic heterocycles. The number of carboxylic acid groups (broad SMARTS) is 1. The molecule has 168 valence electrons. The zero-order valence-electron chi connectivity index (χ0n) is 16.4. The average molecular weight is 452 g/mol. The molecule has 0 bridgehead atoms. The molecule has 2 atom stereocenters. The third kappa shape index (κ3) is 6.34. The van der Waals surface area contributed by atoms with Crippen molar-refractivity contribution in [2.75, 3.05) is 13.2 Å². The summed E-state index contributed by atoms with van der Waals surface area (Å²) in [6.45, 7) is -0.632. The summed E-state index contributed by atoms with van der Waals surface area (Å²) < 4.78 is 27.3. The van der Waals surface area contributed by atoms with Crippen molar-refractivity contribution in [2.45, 2.75) is 29.8 Å². The first-order valence-corrected chi connectivity index (χ1v) is 10.7. The summed E-state index contributed by atoms with van der Waals surface area (Å²) >= 11 is 0. The number of carbonyl (C=O) groups excluding carboxylic acids is 1. The lowest BCUT2D eigenvalue weighted by atomic mass is 10.1. The van der Waals surface area contributed by atoms with E-state index in [1.807, 2.05) is 0 Å². The molecule has 12 nitrogen and oxygen atoms in total. The number of aliphatic carboxylic acids is 1. The lowest BCUT2D eigenvalue weighted by Gasteiger charge is -2.36. The van der Waals surface area contributed by atoms with Crippen molar-refractivity contribution < 1.29 is 33.2 Å². The number of aliphatic hydroxyl groups is 1. The zero-order valence-corrected chi connectivity index (χ0v) is 17.2. The van der Waals surface area contributed by atoms with Crippen molar-refractivity contribution in [1.82, 2.24) is 9.62 Å². The number of aliphatic imine (C=N–C) groups is 1. The van der Waals surface area contributed by atoms with E-state index in [4.69, 9.17) is 11.5 Å². The fourth-order valence-electron chi connectivity index (χ4n) is 2.76. The van der Waals surface area contributed by atoms with Crippen molar-refractivity contribution >= 4 is 34.1 Å². The molecule has 8 N–H and O–H groups in total. The van der Waals surface area contributed by atoms with E-state index in [2.05, 4.69) is 20.9 Å². The molecule has 31 heavy (non-hydrogen) atoms. The summed E-state index contributed by atoms with van der Waals surface area (Å²) in [5, 5.41) is 19.4. The van der Waals surface area contributed by atoms with Gasteiger partial charge in [-0.15, -0.1) is 0 Å². The lowest BCUT2D eigenvalue weighted by Crippen LogP contribution is -2.78. The number of guanidine groups is 1. The van der Waals surface area contributed by atoms with Gasteiger partial charge in [0.15, 0.2) is 0 Å². The van der Waals surface area contributed by atoms with Gasteiger partial charge in [-0.25, -0.2) is 13.2 Å². The quantitative estimate of drug-likeness (QED) is 0.0812. The number of nitrogens with two attached hydrogens (primary N) is 2. The Morgan fingerprint density at radius 3 is 2.39 bits per heavy atom. The highest BCUT2D eigenvalue weighted by Crippen LogP contribution is 2.20. The Morgan fingerprint density at radius 2 is 1.90 bits per heavy atom. The minimum Gasteiger partial charge on any atom is -0.480 e. The topological polar surface area (TPSA) is 202 Å². The van der Waals surface area contributed by atoms with Gasteiger partial charge in [0.1, 0.15) is 12.1 Å². The van der Waals surface area contributed by atoms with Gasteiger partial charge in [0.05, 0.1) is 18.0 Å². The van der Waals surface area contributed by atoms with Crippen LogP contribution < -0.4 is 21.2 Å². The number of allylic oxidation sites excluding steroid dienone is 1. The van der Waals surface area contributed by atoms with Crippen LogP contribution in [-0.4, -0.2) is 72.8 Å². The molecule has 0 aliphatic carbocycles. The van der Waals surface area contributed by atoms with Crippen molar-refractivity contribution in [3.8, 4) is 0 Å². The van der Waals surface area contributed by atoms with Gasteiger partial charge < -0.3 is 20.1 Å². The molecular weight excluding hydrogens is 428 g/mol. The third-order valence-electron chi connectivity index (χ3n) is 4.27. The number of hydrogen-bond donors (Lipinski definition) is 6. The van der Waals surface area contributed by atoms with Crippen molar-refractivity contribution in [3.05, 3.63) is 42.2 Å². The summed E-state index contributed by atoms with van der Waals surface area (Å²) in [7, 11) is -4.15. The Bertz CT molecular complexity index is 988. The number of nitrogens with one attached hydrogen (secondary N) is 2. The number of carboxylic acids is 1. The summed E-state index contributed by atoms with van der Waals surface area (Å²) in [5.41, 5.74) is 10.7. The molecular formula is C18H24N6O6S. The number of sulfonamides is 1. The normalized spacial score (nSPS) is 14.7. The van der Waals surface area contributed by atoms with Crippen LogP contribution in [0.15, 0.2) is 52.1 Å². The molecule has 0 radical (unpaired) electrons. The molecule has 0 fully saturated rings. The van der Waals surface area contributed by atoms with E-state index >= 15 is 0 Å². The fourth-order valence-corrected chi connectivity index (χ4v) is 3.96. The maximum absolute atomic E-state index is 13.1. The summed E-state index contributed by atoms with van der Waals surface area (Å²) in [5.74, 6) is -2.31. The number of carbonyl (C=O) groups is 2. The Hall–Kier alpha value is -3.29. The number of nitrogens with zero attached hydrogens (tertiary/aromatic N) is 2. The van der Waals surface area contributed by atoms with Crippen LogP contribution in [0.3, 0.4) is 0 Å². The van der Waals surface area contributed by atoms with Gasteiger partial charge in [0, 0.05) is 0 Å². The lowest BCUT2D eigenvalue weighted by molar-refractivity contribution is -0.459. The van der Waals surface area contributed by atoms with E-state index in [1.165, 1.54) is 30.5 Å². The second-order valence-electron chi connectivity index (χ2n) is 6.51. The van der Waals surface area contributed by atoms with Gasteiger partial charge in [-0.3, -0.25) is 21.3 Å². The zero-order chi connectivity index (χ0) is 23.0. The number of hydrogen-bond acceptors (Lipinski definition) is 6. The molecule has 1 aromatic rings. The largest absolute Gasteiger partial charge is 0.480 e. The monoisotopic (exact) mass is 452 g/mol. The molecule has 1 aromatic carbocycles. The summed E-state index contributed by atoms with van der Waals surface area (Å²) in [6.07, 6.45) is 3.94. The number of amides is 1. The van der Waals surface area contributed by atoms with E-state index in [0.717, 1.165) is 4.90 Å². The molecule has 1 heterocycles. The first-order valence-electron chi connectivity index (χ1n) is 9.19. The predicted molar refractivity (Wildman–Crippen MR) is 110 cm³/mol. The SMILES string of the molecule is NC(N)=[NH+]CCC[C@@H](C(=O)O)N(C(=O)[C@@H](CO)NS(=O)(=O)c1ccccc1)C1=CN=[C-]1. The van der Waals surface area contributed by atoms with E-state index < -0.39 is 40.6 Å². The van der Waals surface area contributed by atoms with Crippen LogP contribution in [0.25, 0.3) is 0 Å². The molecule has 0 spiro atoms. The van der Waals surface area contributed by atoms with Gasteiger partial charge in [-0.2, -0.15) is 4.72 Å². The van der Waals surface area contributed by atoms with Gasteiger partial charge in [0.25, 0.3) is 0 Å². The maximum atomic E-state index is 13.1. The molecule has 0 saturated carbocycles. The molecule has 2 rings (SSSR count). The first kappa shape index (κ1) is 24.0. The Balaban J connectivity index is 2.25. The van der Waals surface area contributed by atoms with Crippen LogP contribution in [-0.2, 0) is 19.6 Å². The minimum atomic E-state index is -4.15. The first-order chi connectivity index (χ1) is 14.7. The standard InChI is InChI=1S/C18H23N6O6S/c19-18(20)22-8-4-7-15(17(27)28)24(12-9-21-10-12)16(26)14(11-25)23-31(29,30)13-5-2-1-3-6-13/h1-3,5-6,9,14-15,23,25H,4,7-8,11H2,(H,27,28)(H4,19,20,22)/q-1/p+1/t14-,15+/m1/s1. The second-order valence-corrected chi connectivity index (χ2v) is 8.23. The van der Waals surface area contributed by atoms with Gasteiger partial charge in [-0.05, 0) is 30.7 Å². The van der Waals surface area contributed by atoms with Crippen LogP contribution in [0.1, 0.15) is 12.8 Å². The Morgan fingerprint density at radius 1 is 1.26 bits per heavy atom. The highest BCUT2D eigenvalue weighted by molar-refractivity contribution is 7.89. The molecule has 13 heteroatoms. The average Bonchev–Trinajstić information content (AvgIpc) is 2.69. The predicted octanol–water partition coefficient (Wildman–Crippen LogP) is -3.46. The Labute approximate surface area is 179 Å². The molecule has 0 aromatic heterocycles. The van der Waals surface area contributed by atoms with E-state index in [-0.39, 0.29) is 35.9 Å². The summed E-state index contributed by atoms with van der Waals surface area (Å²) in [6, 6.07) is 4.28. The summed E-state index contributed by atoms with van der Waals surface area (Å²) in [4.78, 5) is 32.0. The van der Waals surface area contributed by atoms with Crippen molar-refractivity contribution in [2.24, 2.45) is 16.5 Å². The van der Waals surface area contributed by atoms with Crippen LogP contribution >= 0.6 is 0 Å². The van der Waals surface area contributed by atoms with Crippen LogP contribution in [0, 0.1) is 0 Å². The fraction of sp³-hybridized carbons (Fsp3) is 0.333.